The van der Waals surface area contributed by atoms with Gasteiger partial charge in [-0.05, 0) is 49.9 Å². The Labute approximate surface area is 178 Å². The van der Waals surface area contributed by atoms with Crippen molar-refractivity contribution in [3.05, 3.63) is 72.1 Å². The summed E-state index contributed by atoms with van der Waals surface area (Å²) >= 11 is 0. The Kier molecular flexibility index (Phi) is 6.43. The molecular weight excluding hydrogens is 368 g/mol. The van der Waals surface area contributed by atoms with E-state index in [2.05, 4.69) is 0 Å². The molecule has 0 spiro atoms. The van der Waals surface area contributed by atoms with Crippen LogP contribution >= 0.6 is 0 Å². The van der Waals surface area contributed by atoms with E-state index in [-0.39, 0.29) is 0 Å². The first-order valence-electron chi connectivity index (χ1n) is 11.0. The van der Waals surface area contributed by atoms with Crippen molar-refractivity contribution in [1.82, 2.24) is 9.97 Å². The summed E-state index contributed by atoms with van der Waals surface area (Å²) in [4.78, 5) is 9.50. The zero-order valence-electron chi connectivity index (χ0n) is 17.5. The molecule has 0 saturated heterocycles. The van der Waals surface area contributed by atoms with Crippen molar-refractivity contribution in [2.24, 2.45) is 0 Å². The van der Waals surface area contributed by atoms with E-state index in [1.54, 1.807) is 0 Å². The average Bonchev–Trinajstić information content (AvgIpc) is 2.76. The van der Waals surface area contributed by atoms with Crippen LogP contribution in [0.3, 0.4) is 0 Å². The van der Waals surface area contributed by atoms with Gasteiger partial charge in [-0.3, -0.25) is 9.97 Å². The van der Waals surface area contributed by atoms with Gasteiger partial charge in [-0.25, -0.2) is 0 Å². The molecule has 2 aromatic carbocycles. The summed E-state index contributed by atoms with van der Waals surface area (Å²) in [7, 11) is 0. The van der Waals surface area contributed by atoms with E-state index in [4.69, 9.17) is 21.4 Å². The Morgan fingerprint density at radius 2 is 0.933 bits per heavy atom. The van der Waals surface area contributed by atoms with Crippen LogP contribution in [0.15, 0.2) is 60.7 Å². The van der Waals surface area contributed by atoms with Gasteiger partial charge in [0, 0.05) is 33.5 Å². The zero-order valence-corrected chi connectivity index (χ0v) is 17.5. The smallest absolute Gasteiger partial charge is 0.0725 e. The zero-order chi connectivity index (χ0) is 20.8. The maximum Gasteiger partial charge on any atom is 0.0725 e. The van der Waals surface area contributed by atoms with Gasteiger partial charge in [0.1, 0.15) is 0 Å². The summed E-state index contributed by atoms with van der Waals surface area (Å²) < 4.78 is 0. The summed E-state index contributed by atoms with van der Waals surface area (Å²) in [5, 5.41) is 2.09. The summed E-state index contributed by atoms with van der Waals surface area (Å²) in [5.74, 6) is 0. The maximum atomic E-state index is 6.18. The number of pyridine rings is 2. The van der Waals surface area contributed by atoms with Crippen LogP contribution in [-0.2, 0) is 12.8 Å². The number of nitrogen functional groups attached to an aromatic ring is 2. The molecule has 0 atom stereocenters. The van der Waals surface area contributed by atoms with Crippen molar-refractivity contribution in [1.29, 1.82) is 0 Å². The third-order valence-electron chi connectivity index (χ3n) is 5.72. The number of fused-ring (bicyclic) bond motifs is 2. The predicted molar refractivity (Wildman–Crippen MR) is 127 cm³/mol. The largest absolute Gasteiger partial charge is 0.398 e. The Hall–Kier alpha value is -3.14. The van der Waals surface area contributed by atoms with Gasteiger partial charge in [-0.2, -0.15) is 0 Å². The first-order chi connectivity index (χ1) is 14.7. The number of hydrogen-bond acceptors (Lipinski definition) is 4. The van der Waals surface area contributed by atoms with Crippen molar-refractivity contribution in [3.63, 3.8) is 0 Å². The van der Waals surface area contributed by atoms with E-state index in [1.165, 1.54) is 25.7 Å². The van der Waals surface area contributed by atoms with E-state index in [0.717, 1.165) is 70.3 Å². The number of rotatable bonds is 9. The Morgan fingerprint density at radius 1 is 0.533 bits per heavy atom. The number of unbranched alkanes of at least 4 members (excludes halogenated alkanes) is 5. The van der Waals surface area contributed by atoms with Gasteiger partial charge < -0.3 is 11.5 Å². The quantitative estimate of drug-likeness (QED) is 0.335. The van der Waals surface area contributed by atoms with Crippen molar-refractivity contribution >= 4 is 33.2 Å². The normalized spacial score (nSPS) is 11.3. The first kappa shape index (κ1) is 20.1. The third kappa shape index (κ3) is 4.88. The molecule has 0 radical (unpaired) electrons. The Bertz CT molecular complexity index is 1050. The number of hydrogen-bond donors (Lipinski definition) is 2. The number of benzene rings is 2. The monoisotopic (exact) mass is 398 g/mol. The highest BCUT2D eigenvalue weighted by Gasteiger charge is 2.04. The van der Waals surface area contributed by atoms with Gasteiger partial charge in [-0.1, -0.05) is 62.1 Å². The van der Waals surface area contributed by atoms with Gasteiger partial charge in [0.2, 0.25) is 0 Å². The lowest BCUT2D eigenvalue weighted by Crippen LogP contribution is -1.97. The molecule has 154 valence electrons. The van der Waals surface area contributed by atoms with Crippen LogP contribution in [0.2, 0.25) is 0 Å². The molecule has 4 aromatic rings. The molecule has 0 saturated carbocycles. The molecule has 4 rings (SSSR count). The molecule has 4 N–H and O–H groups in total. The minimum absolute atomic E-state index is 0.832. The highest BCUT2D eigenvalue weighted by atomic mass is 14.7. The highest BCUT2D eigenvalue weighted by molar-refractivity contribution is 5.90. The standard InChI is InChI=1S/C26H30N4/c27-23-17-19(29-25-15-9-7-13-21(23)25)11-5-3-1-2-4-6-12-20-18-24(28)22-14-8-10-16-26(22)30-20/h7-10,13-18H,1-6,11-12H2,(H2,27,29)(H2,28,30). The molecule has 0 amide bonds. The summed E-state index contributed by atoms with van der Waals surface area (Å²) in [6.45, 7) is 0. The molecule has 2 aromatic heterocycles. The molecule has 2 heterocycles. The molecule has 4 heteroatoms. The van der Waals surface area contributed by atoms with Crippen LogP contribution in [0.25, 0.3) is 21.8 Å². The van der Waals surface area contributed by atoms with E-state index in [0.29, 0.717) is 0 Å². The van der Waals surface area contributed by atoms with Crippen LogP contribution < -0.4 is 11.5 Å². The number of para-hydroxylation sites is 2. The van der Waals surface area contributed by atoms with Gasteiger partial charge in [0.05, 0.1) is 11.0 Å². The number of nitrogens with two attached hydrogens (primary N) is 2. The SMILES string of the molecule is Nc1cc(CCCCCCCCc2cc(N)c3ccccc3n2)nc2ccccc12. The molecule has 0 unspecified atom stereocenters. The molecule has 0 aliphatic carbocycles. The van der Waals surface area contributed by atoms with Crippen molar-refractivity contribution in [2.75, 3.05) is 11.5 Å². The van der Waals surface area contributed by atoms with Crippen LogP contribution in [-0.4, -0.2) is 9.97 Å². The van der Waals surface area contributed by atoms with Crippen LogP contribution in [0, 0.1) is 0 Å². The minimum Gasteiger partial charge on any atom is -0.398 e. The lowest BCUT2D eigenvalue weighted by atomic mass is 10.0. The van der Waals surface area contributed by atoms with Crippen molar-refractivity contribution in [2.45, 2.75) is 51.4 Å². The van der Waals surface area contributed by atoms with E-state index in [1.807, 2.05) is 60.7 Å². The molecule has 0 bridgehead atoms. The molecular formula is C26H30N4. The van der Waals surface area contributed by atoms with E-state index < -0.39 is 0 Å². The number of aryl methyl sites for hydroxylation is 2. The maximum absolute atomic E-state index is 6.18. The molecule has 0 aliphatic heterocycles. The predicted octanol–water partition coefficient (Wildman–Crippen LogP) is 6.07. The molecule has 0 aliphatic rings. The molecule has 0 fully saturated rings. The Balaban J connectivity index is 1.16. The fourth-order valence-electron chi connectivity index (χ4n) is 4.09. The van der Waals surface area contributed by atoms with Gasteiger partial charge >= 0.3 is 0 Å². The van der Waals surface area contributed by atoms with Crippen LogP contribution in [0.4, 0.5) is 11.4 Å². The molecule has 4 nitrogen and oxygen atoms in total. The number of anilines is 2. The Morgan fingerprint density at radius 3 is 1.40 bits per heavy atom. The fourth-order valence-corrected chi connectivity index (χ4v) is 4.09. The van der Waals surface area contributed by atoms with Crippen molar-refractivity contribution < 1.29 is 0 Å². The number of nitrogens with zero attached hydrogens (tertiary/aromatic N) is 2. The second-order valence-electron chi connectivity index (χ2n) is 8.06. The topological polar surface area (TPSA) is 77.8 Å². The fraction of sp³-hybridized carbons (Fsp3) is 0.308. The van der Waals surface area contributed by atoms with Gasteiger partial charge in [-0.15, -0.1) is 0 Å². The minimum atomic E-state index is 0.832. The van der Waals surface area contributed by atoms with Crippen LogP contribution in [0.1, 0.15) is 49.9 Å². The van der Waals surface area contributed by atoms with Crippen molar-refractivity contribution in [3.8, 4) is 0 Å². The lowest BCUT2D eigenvalue weighted by molar-refractivity contribution is 0.590. The second-order valence-corrected chi connectivity index (χ2v) is 8.06. The van der Waals surface area contributed by atoms with E-state index in [9.17, 15) is 0 Å². The van der Waals surface area contributed by atoms with Gasteiger partial charge in [0.25, 0.3) is 0 Å². The highest BCUT2D eigenvalue weighted by Crippen LogP contribution is 2.22. The first-order valence-corrected chi connectivity index (χ1v) is 11.0. The second kappa shape index (κ2) is 9.57. The van der Waals surface area contributed by atoms with E-state index >= 15 is 0 Å². The summed E-state index contributed by atoms with van der Waals surface area (Å²) in [5.41, 5.74) is 18.2. The van der Waals surface area contributed by atoms with Crippen LogP contribution in [0.5, 0.6) is 0 Å². The molecule has 30 heavy (non-hydrogen) atoms. The third-order valence-corrected chi connectivity index (χ3v) is 5.72. The average molecular weight is 399 g/mol. The van der Waals surface area contributed by atoms with Gasteiger partial charge in [0.15, 0.2) is 0 Å². The lowest BCUT2D eigenvalue weighted by Gasteiger charge is -2.07. The summed E-state index contributed by atoms with van der Waals surface area (Å²) in [6, 6.07) is 20.2. The summed E-state index contributed by atoms with van der Waals surface area (Å²) in [6.07, 6.45) is 9.30. The number of aromatic nitrogens is 2.